The summed E-state index contributed by atoms with van der Waals surface area (Å²) in [7, 11) is 1.82. The third-order valence-electron chi connectivity index (χ3n) is 7.81. The van der Waals surface area contributed by atoms with Crippen LogP contribution in [0.3, 0.4) is 0 Å². The van der Waals surface area contributed by atoms with Crippen molar-refractivity contribution in [1.82, 2.24) is 24.2 Å². The van der Waals surface area contributed by atoms with Gasteiger partial charge >= 0.3 is 0 Å². The summed E-state index contributed by atoms with van der Waals surface area (Å²) in [6, 6.07) is 14.3. The highest BCUT2D eigenvalue weighted by Crippen LogP contribution is 2.28. The number of benzene rings is 2. The van der Waals surface area contributed by atoms with E-state index in [9.17, 15) is 9.59 Å². The van der Waals surface area contributed by atoms with Crippen molar-refractivity contribution in [3.05, 3.63) is 76.3 Å². The number of hydrogen-bond acceptors (Lipinski definition) is 6. The standard InChI is InChI=1S/C32H40N6O3/c1-21-9-8-10-24(15-21)23(3)38-28-16-25(11-12-27(28)30(40)35(38)7)26-17-33-31(34-18-26)36-13-14-37(22(2)19-36)29(39)20-41-32(4,5)6/h8-12,15-18,22-23H,13-14,19-20H2,1-7H3. The monoisotopic (exact) mass is 556 g/mol. The van der Waals surface area contributed by atoms with E-state index < -0.39 is 0 Å². The molecule has 9 heteroatoms. The van der Waals surface area contributed by atoms with Crippen molar-refractivity contribution in [2.75, 3.05) is 31.1 Å². The highest BCUT2D eigenvalue weighted by Gasteiger charge is 2.29. The number of anilines is 1. The second-order valence-corrected chi connectivity index (χ2v) is 12.1. The van der Waals surface area contributed by atoms with Crippen molar-refractivity contribution < 1.29 is 9.53 Å². The minimum atomic E-state index is -0.349. The van der Waals surface area contributed by atoms with Crippen LogP contribution in [-0.4, -0.2) is 68.0 Å². The second-order valence-electron chi connectivity index (χ2n) is 12.1. The van der Waals surface area contributed by atoms with E-state index in [1.165, 1.54) is 5.56 Å². The fourth-order valence-corrected chi connectivity index (χ4v) is 5.56. The van der Waals surface area contributed by atoms with Gasteiger partial charge in [-0.1, -0.05) is 35.9 Å². The zero-order chi connectivity index (χ0) is 29.5. The van der Waals surface area contributed by atoms with E-state index in [1.54, 1.807) is 4.68 Å². The van der Waals surface area contributed by atoms with E-state index in [0.717, 1.165) is 22.2 Å². The highest BCUT2D eigenvalue weighted by atomic mass is 16.5. The molecule has 4 aromatic rings. The number of amides is 1. The van der Waals surface area contributed by atoms with Crippen molar-refractivity contribution in [1.29, 1.82) is 0 Å². The SMILES string of the molecule is Cc1cccc(C(C)n2c3cc(-c4cnc(N5CCN(C(=O)COC(C)(C)C)C(C)C5)nc4)ccc3c(=O)n2C)c1. The first-order chi connectivity index (χ1) is 19.4. The maximum absolute atomic E-state index is 13.1. The lowest BCUT2D eigenvalue weighted by atomic mass is 10.0. The predicted molar refractivity (Wildman–Crippen MR) is 162 cm³/mol. The third kappa shape index (κ3) is 5.91. The summed E-state index contributed by atoms with van der Waals surface area (Å²) < 4.78 is 9.44. The normalized spacial score (nSPS) is 16.8. The van der Waals surface area contributed by atoms with E-state index in [2.05, 4.69) is 57.7 Å². The molecule has 1 fully saturated rings. The Labute approximate surface area is 241 Å². The molecule has 0 saturated carbocycles. The molecule has 2 atom stereocenters. The Morgan fingerprint density at radius 1 is 1.07 bits per heavy atom. The number of ether oxygens (including phenoxy) is 1. The summed E-state index contributed by atoms with van der Waals surface area (Å²) in [5, 5.41) is 0.683. The van der Waals surface area contributed by atoms with Crippen LogP contribution in [0.1, 0.15) is 51.8 Å². The maximum Gasteiger partial charge on any atom is 0.274 e. The number of nitrogens with zero attached hydrogens (tertiary/aromatic N) is 6. The van der Waals surface area contributed by atoms with Gasteiger partial charge in [0, 0.05) is 50.7 Å². The molecule has 1 amide bonds. The zero-order valence-corrected chi connectivity index (χ0v) is 25.1. The lowest BCUT2D eigenvalue weighted by Gasteiger charge is -2.40. The lowest BCUT2D eigenvalue weighted by Crippen LogP contribution is -2.55. The van der Waals surface area contributed by atoms with Gasteiger partial charge in [-0.3, -0.25) is 19.0 Å². The number of carbonyl (C=O) groups is 1. The molecule has 1 saturated heterocycles. The fourth-order valence-electron chi connectivity index (χ4n) is 5.56. The van der Waals surface area contributed by atoms with Crippen molar-refractivity contribution >= 4 is 22.8 Å². The van der Waals surface area contributed by atoms with Crippen LogP contribution in [0, 0.1) is 6.92 Å². The number of rotatable bonds is 6. The van der Waals surface area contributed by atoms with Crippen LogP contribution >= 0.6 is 0 Å². The molecule has 2 unspecified atom stereocenters. The van der Waals surface area contributed by atoms with Crippen LogP contribution in [0.15, 0.2) is 59.7 Å². The lowest BCUT2D eigenvalue weighted by molar-refractivity contribution is -0.143. The third-order valence-corrected chi connectivity index (χ3v) is 7.81. The first-order valence-electron chi connectivity index (χ1n) is 14.2. The molecule has 1 aliphatic heterocycles. The van der Waals surface area contributed by atoms with E-state index >= 15 is 0 Å². The topological polar surface area (TPSA) is 85.5 Å². The number of piperazine rings is 1. The summed E-state index contributed by atoms with van der Waals surface area (Å²) in [6.07, 6.45) is 3.66. The average Bonchev–Trinajstić information content (AvgIpc) is 3.19. The van der Waals surface area contributed by atoms with Gasteiger partial charge in [0.25, 0.3) is 5.56 Å². The molecule has 9 nitrogen and oxygen atoms in total. The summed E-state index contributed by atoms with van der Waals surface area (Å²) in [5.74, 6) is 0.652. The number of aryl methyl sites for hydroxylation is 1. The second kappa shape index (κ2) is 11.1. The largest absolute Gasteiger partial charge is 0.366 e. The van der Waals surface area contributed by atoms with Crippen molar-refractivity contribution in [2.24, 2.45) is 7.05 Å². The summed E-state index contributed by atoms with van der Waals surface area (Å²) in [5.41, 5.74) is 4.66. The average molecular weight is 557 g/mol. The molecule has 5 rings (SSSR count). The van der Waals surface area contributed by atoms with Gasteiger partial charge in [-0.15, -0.1) is 0 Å². The molecule has 0 aliphatic carbocycles. The Kier molecular flexibility index (Phi) is 7.74. The molecule has 3 heterocycles. The fraction of sp³-hybridized carbons (Fsp3) is 0.438. The Balaban J connectivity index is 1.35. The van der Waals surface area contributed by atoms with Gasteiger partial charge in [0.15, 0.2) is 0 Å². The van der Waals surface area contributed by atoms with Crippen LogP contribution in [0.2, 0.25) is 0 Å². The van der Waals surface area contributed by atoms with Gasteiger partial charge in [-0.25, -0.2) is 9.97 Å². The number of fused-ring (bicyclic) bond motifs is 1. The first kappa shape index (κ1) is 28.5. The molecule has 0 radical (unpaired) electrons. The van der Waals surface area contributed by atoms with Gasteiger partial charge in [-0.05, 0) is 64.8 Å². The van der Waals surface area contributed by atoms with Crippen molar-refractivity contribution in [3.63, 3.8) is 0 Å². The summed E-state index contributed by atoms with van der Waals surface area (Å²) in [4.78, 5) is 39.1. The Hall–Kier alpha value is -3.98. The predicted octanol–water partition coefficient (Wildman–Crippen LogP) is 4.57. The van der Waals surface area contributed by atoms with Gasteiger partial charge in [0.05, 0.1) is 22.5 Å². The van der Waals surface area contributed by atoms with Crippen LogP contribution in [0.4, 0.5) is 5.95 Å². The summed E-state index contributed by atoms with van der Waals surface area (Å²) >= 11 is 0. The number of aromatic nitrogens is 4. The minimum Gasteiger partial charge on any atom is -0.366 e. The van der Waals surface area contributed by atoms with Crippen LogP contribution in [-0.2, 0) is 16.6 Å². The molecule has 1 aliphatic rings. The molecule has 0 N–H and O–H groups in total. The van der Waals surface area contributed by atoms with Crippen molar-refractivity contribution in [3.8, 4) is 11.1 Å². The van der Waals surface area contributed by atoms with Crippen molar-refractivity contribution in [2.45, 2.75) is 59.2 Å². The molecule has 0 bridgehead atoms. The molecular formula is C32H40N6O3. The number of carbonyl (C=O) groups excluding carboxylic acids is 1. The molecular weight excluding hydrogens is 516 g/mol. The maximum atomic E-state index is 13.1. The van der Waals surface area contributed by atoms with Crippen LogP contribution < -0.4 is 10.5 Å². The van der Waals surface area contributed by atoms with Crippen LogP contribution in [0.5, 0.6) is 0 Å². The Morgan fingerprint density at radius 2 is 1.80 bits per heavy atom. The highest BCUT2D eigenvalue weighted by molar-refractivity contribution is 5.84. The molecule has 2 aromatic heterocycles. The minimum absolute atomic E-state index is 0.00911. The van der Waals surface area contributed by atoms with Crippen LogP contribution in [0.25, 0.3) is 22.0 Å². The van der Waals surface area contributed by atoms with E-state index in [4.69, 9.17) is 4.74 Å². The molecule has 216 valence electrons. The zero-order valence-electron chi connectivity index (χ0n) is 25.1. The van der Waals surface area contributed by atoms with E-state index in [0.29, 0.717) is 31.0 Å². The van der Waals surface area contributed by atoms with Gasteiger partial charge in [0.1, 0.15) is 6.61 Å². The van der Waals surface area contributed by atoms with E-state index in [-0.39, 0.29) is 35.8 Å². The molecule has 0 spiro atoms. The smallest absolute Gasteiger partial charge is 0.274 e. The number of hydrogen-bond donors (Lipinski definition) is 0. The van der Waals surface area contributed by atoms with E-state index in [1.807, 2.05) is 70.2 Å². The molecule has 2 aromatic carbocycles. The summed E-state index contributed by atoms with van der Waals surface area (Å²) in [6.45, 7) is 14.1. The Bertz CT molecular complexity index is 1620. The van der Waals surface area contributed by atoms with Gasteiger partial charge in [-0.2, -0.15) is 0 Å². The quantitative estimate of drug-likeness (QED) is 0.346. The molecule has 41 heavy (non-hydrogen) atoms. The van der Waals surface area contributed by atoms with Gasteiger partial charge < -0.3 is 14.5 Å². The Morgan fingerprint density at radius 3 is 2.46 bits per heavy atom. The van der Waals surface area contributed by atoms with Gasteiger partial charge in [0.2, 0.25) is 11.9 Å². The first-order valence-corrected chi connectivity index (χ1v) is 14.2.